The number of benzene rings is 1. The summed E-state index contributed by atoms with van der Waals surface area (Å²) in [5.74, 6) is 1.87. The zero-order valence-electron chi connectivity index (χ0n) is 23.2. The third-order valence-electron chi connectivity index (χ3n) is 6.72. The van der Waals surface area contributed by atoms with Gasteiger partial charge in [-0.05, 0) is 12.1 Å². The van der Waals surface area contributed by atoms with Crippen molar-refractivity contribution in [1.82, 2.24) is 14.1 Å². The van der Waals surface area contributed by atoms with Gasteiger partial charge in [-0.15, -0.1) is 0 Å². The summed E-state index contributed by atoms with van der Waals surface area (Å²) < 4.78 is 67.4. The Morgan fingerprint density at radius 3 is 1.74 bits per heavy atom. The smallest absolute Gasteiger partial charge is 0.282 e. The van der Waals surface area contributed by atoms with E-state index < -0.39 is 16.9 Å². The lowest BCUT2D eigenvalue weighted by atomic mass is 10.2. The van der Waals surface area contributed by atoms with Crippen LogP contribution in [0.4, 0.5) is 0 Å². The van der Waals surface area contributed by atoms with Crippen molar-refractivity contribution in [3.63, 3.8) is 0 Å². The molecule has 0 radical (unpaired) electrons. The molecule has 1 aromatic rings. The van der Waals surface area contributed by atoms with Gasteiger partial charge < -0.3 is 51.7 Å². The van der Waals surface area contributed by atoms with Crippen molar-refractivity contribution in [2.24, 2.45) is 0 Å². The second-order valence-electron chi connectivity index (χ2n) is 10.6. The predicted octanol–water partition coefficient (Wildman–Crippen LogP) is 1.64. The van der Waals surface area contributed by atoms with Crippen molar-refractivity contribution >= 4 is 25.8 Å². The van der Waals surface area contributed by atoms with Crippen LogP contribution in [0, 0.1) is 0 Å². The van der Waals surface area contributed by atoms with Crippen LogP contribution in [0.3, 0.4) is 0 Å². The molecule has 8 rings (SSSR count). The van der Waals surface area contributed by atoms with Gasteiger partial charge in [0.1, 0.15) is 56.4 Å². The SMILES string of the molecule is c1cc(OP2NPN(OCC3CO3)P(OCC3CO3)N2OCC2CO2)c(OCC2CO2)c(OCC2CO2)c1OCC1CO1. The molecule has 1 N–H and O–H groups in total. The molecular formula is C24H34N3O13P3. The van der Waals surface area contributed by atoms with Crippen LogP contribution in [-0.4, -0.2) is 125 Å². The first-order valence-corrected chi connectivity index (χ1v) is 17.6. The lowest BCUT2D eigenvalue weighted by Gasteiger charge is -2.42. The van der Waals surface area contributed by atoms with Crippen molar-refractivity contribution in [3.05, 3.63) is 12.1 Å². The highest BCUT2D eigenvalue weighted by molar-refractivity contribution is 7.74. The van der Waals surface area contributed by atoms with Gasteiger partial charge in [0.15, 0.2) is 11.5 Å². The van der Waals surface area contributed by atoms with E-state index in [9.17, 15) is 0 Å². The van der Waals surface area contributed by atoms with Gasteiger partial charge >= 0.3 is 0 Å². The van der Waals surface area contributed by atoms with Gasteiger partial charge in [0.25, 0.3) is 16.9 Å². The second kappa shape index (κ2) is 13.5. The molecule has 9 atom stereocenters. The Labute approximate surface area is 252 Å². The Hall–Kier alpha value is -0.770. The predicted molar refractivity (Wildman–Crippen MR) is 149 cm³/mol. The molecule has 7 aliphatic heterocycles. The summed E-state index contributed by atoms with van der Waals surface area (Å²) in [4.78, 5) is 15.8. The molecule has 7 heterocycles. The lowest BCUT2D eigenvalue weighted by molar-refractivity contribution is -0.0736. The Morgan fingerprint density at radius 1 is 0.651 bits per heavy atom. The third-order valence-corrected chi connectivity index (χ3v) is 12.0. The van der Waals surface area contributed by atoms with Crippen molar-refractivity contribution < 1.29 is 61.4 Å². The molecule has 0 aliphatic carbocycles. The fourth-order valence-corrected chi connectivity index (χ4v) is 9.43. The van der Waals surface area contributed by atoms with E-state index in [1.165, 1.54) is 0 Å². The summed E-state index contributed by atoms with van der Waals surface area (Å²) in [6.07, 6.45) is 0.294. The number of hydrogen-bond donors (Lipinski definition) is 1. The summed E-state index contributed by atoms with van der Waals surface area (Å²) in [5.41, 5.74) is 0. The molecule has 7 fully saturated rings. The van der Waals surface area contributed by atoms with Crippen molar-refractivity contribution in [2.45, 2.75) is 36.6 Å². The van der Waals surface area contributed by atoms with Crippen LogP contribution in [-0.2, 0) is 42.6 Å². The molecular weight excluding hydrogens is 631 g/mol. The molecule has 1 aromatic carbocycles. The van der Waals surface area contributed by atoms with Crippen LogP contribution in [0.5, 0.6) is 23.0 Å². The summed E-state index contributed by atoms with van der Waals surface area (Å²) in [6.45, 7) is 6.29. The molecule has 0 spiro atoms. The zero-order chi connectivity index (χ0) is 28.6. The van der Waals surface area contributed by atoms with Crippen LogP contribution in [0.15, 0.2) is 12.1 Å². The minimum absolute atomic E-state index is 0.0160. The van der Waals surface area contributed by atoms with E-state index in [1.54, 1.807) is 9.21 Å². The number of nitrogens with one attached hydrogen (secondary N) is 1. The molecule has 0 bridgehead atoms. The number of rotatable bonds is 20. The van der Waals surface area contributed by atoms with Gasteiger partial charge in [-0.2, -0.15) is 0 Å². The average Bonchev–Trinajstić information content (AvgIpc) is 3.83. The Morgan fingerprint density at radius 2 is 1.14 bits per heavy atom. The van der Waals surface area contributed by atoms with Crippen LogP contribution in [0.2, 0.25) is 0 Å². The highest BCUT2D eigenvalue weighted by Crippen LogP contribution is 2.67. The lowest BCUT2D eigenvalue weighted by Crippen LogP contribution is -2.34. The summed E-state index contributed by atoms with van der Waals surface area (Å²) in [5, 5.41) is 0. The van der Waals surface area contributed by atoms with Crippen molar-refractivity contribution in [3.8, 4) is 23.0 Å². The van der Waals surface area contributed by atoms with Gasteiger partial charge in [0.2, 0.25) is 11.5 Å². The van der Waals surface area contributed by atoms with Gasteiger partial charge in [-0.25, -0.2) is 4.86 Å². The molecule has 7 aliphatic rings. The van der Waals surface area contributed by atoms with E-state index in [2.05, 4.69) is 4.86 Å². The minimum Gasteiger partial charge on any atom is -0.487 e. The van der Waals surface area contributed by atoms with E-state index in [0.717, 1.165) is 0 Å². The van der Waals surface area contributed by atoms with E-state index in [4.69, 9.17) is 61.4 Å². The molecule has 43 heavy (non-hydrogen) atoms. The first-order valence-electron chi connectivity index (χ1n) is 14.3. The van der Waals surface area contributed by atoms with E-state index in [0.29, 0.717) is 102 Å². The van der Waals surface area contributed by atoms with Gasteiger partial charge in [-0.1, -0.05) is 9.21 Å². The molecule has 16 nitrogen and oxygen atoms in total. The van der Waals surface area contributed by atoms with Gasteiger partial charge in [0.05, 0.1) is 68.3 Å². The largest absolute Gasteiger partial charge is 0.487 e. The fourth-order valence-electron chi connectivity index (χ4n) is 3.71. The minimum atomic E-state index is -1.59. The number of nitrogens with zero attached hydrogens (tertiary/aromatic N) is 2. The summed E-state index contributed by atoms with van der Waals surface area (Å²) >= 11 is 0. The molecule has 9 unspecified atom stereocenters. The van der Waals surface area contributed by atoms with Crippen LogP contribution in [0.25, 0.3) is 0 Å². The maximum atomic E-state index is 6.66. The summed E-state index contributed by atoms with van der Waals surface area (Å²) in [6, 6.07) is 3.64. The Kier molecular flexibility index (Phi) is 9.32. The quantitative estimate of drug-likeness (QED) is 0.158. The molecule has 0 saturated carbocycles. The van der Waals surface area contributed by atoms with Crippen LogP contribution in [0.1, 0.15) is 0 Å². The van der Waals surface area contributed by atoms with E-state index >= 15 is 0 Å². The maximum absolute atomic E-state index is 6.66. The third kappa shape index (κ3) is 8.74. The number of epoxide rings is 6. The second-order valence-corrected chi connectivity index (χ2v) is 15.4. The Balaban J connectivity index is 1.04. The average molecular weight is 665 g/mol. The van der Waals surface area contributed by atoms with Crippen molar-refractivity contribution in [1.29, 1.82) is 0 Å². The zero-order valence-corrected chi connectivity index (χ0v) is 26.0. The monoisotopic (exact) mass is 665 g/mol. The number of ether oxygens (including phenoxy) is 9. The first kappa shape index (κ1) is 29.6. The van der Waals surface area contributed by atoms with Crippen LogP contribution < -0.4 is 23.6 Å². The standard InChI is InChI=1S/C24H34N3O13P3/c1-2-22(24(36-11-17-5-30-17)23(35-10-16-4-29-16)21(1)34-9-15-3-28-15)40-42-25-41-26(37-12-18-6-31-18)43(39-14-20-8-33-20)27(42)38-13-19-7-32-19/h1-2,15-20,25,41H,3-14H2. The van der Waals surface area contributed by atoms with Gasteiger partial charge in [-0.3, -0.25) is 9.68 Å². The maximum Gasteiger partial charge on any atom is 0.282 e. The highest BCUT2D eigenvalue weighted by atomic mass is 31.3. The normalized spacial score (nSPS) is 36.3. The van der Waals surface area contributed by atoms with Crippen molar-refractivity contribution in [2.75, 3.05) is 79.3 Å². The van der Waals surface area contributed by atoms with E-state index in [1.807, 2.05) is 12.1 Å². The molecule has 0 amide bonds. The molecule has 0 aromatic heterocycles. The van der Waals surface area contributed by atoms with E-state index in [-0.39, 0.29) is 45.5 Å². The molecule has 19 heteroatoms. The highest BCUT2D eigenvalue weighted by Gasteiger charge is 2.46. The Bertz CT molecular complexity index is 1110. The van der Waals surface area contributed by atoms with Crippen LogP contribution >= 0.6 is 25.8 Å². The fraction of sp³-hybridized carbons (Fsp3) is 0.750. The summed E-state index contributed by atoms with van der Waals surface area (Å²) in [7, 11) is -3.09. The topological polar surface area (TPSA) is 158 Å². The number of hydrogen-bond acceptors (Lipinski definition) is 16. The first-order chi connectivity index (χ1) is 21.2. The molecule has 238 valence electrons. The van der Waals surface area contributed by atoms with Gasteiger partial charge in [0, 0.05) is 0 Å². The molecule has 7 saturated heterocycles.